The summed E-state index contributed by atoms with van der Waals surface area (Å²) in [5.74, 6) is 0.0752. The summed E-state index contributed by atoms with van der Waals surface area (Å²) in [6, 6.07) is 13.6. The van der Waals surface area contributed by atoms with Gasteiger partial charge >= 0.3 is 0 Å². The Morgan fingerprint density at radius 1 is 1.03 bits per heavy atom. The van der Waals surface area contributed by atoms with Gasteiger partial charge in [0.25, 0.3) is 0 Å². The van der Waals surface area contributed by atoms with Gasteiger partial charge in [0.15, 0.2) is 0 Å². The van der Waals surface area contributed by atoms with Crippen molar-refractivity contribution in [1.29, 1.82) is 0 Å². The number of carbonyl (C=O) groups is 1. The molecule has 2 aromatic carbocycles. The number of hydrogen-bond donors (Lipinski definition) is 0. The van der Waals surface area contributed by atoms with Crippen LogP contribution in [-0.4, -0.2) is 74.3 Å². The van der Waals surface area contributed by atoms with Gasteiger partial charge in [0, 0.05) is 32.2 Å². The Hall–Kier alpha value is -2.49. The molecule has 2 aliphatic heterocycles. The van der Waals surface area contributed by atoms with Crippen LogP contribution in [-0.2, 0) is 14.8 Å². The zero-order chi connectivity index (χ0) is 23.4. The second kappa shape index (κ2) is 10.2. The van der Waals surface area contributed by atoms with Crippen LogP contribution in [0.3, 0.4) is 0 Å². The Kier molecular flexibility index (Phi) is 7.31. The Balaban J connectivity index is 1.34. The quantitative estimate of drug-likeness (QED) is 0.616. The molecule has 2 saturated heterocycles. The standard InChI is InChI=1S/C24H30FN3O4S/c1-2-32-20-11-9-19(10-12-20)22-7-5-13-27(22)18-24(29)26-14-16-28(17-15-26)33(30,31)23-8-4-3-6-21(23)25/h3-4,6,8-12,22H,2,5,7,13-18H2,1H3. The van der Waals surface area contributed by atoms with Gasteiger partial charge < -0.3 is 9.64 Å². The van der Waals surface area contributed by atoms with Crippen LogP contribution in [0, 0.1) is 5.82 Å². The number of ether oxygens (including phenoxy) is 1. The highest BCUT2D eigenvalue weighted by Crippen LogP contribution is 2.32. The third-order valence-corrected chi connectivity index (χ3v) is 8.26. The van der Waals surface area contributed by atoms with Crippen LogP contribution in [0.15, 0.2) is 53.4 Å². The molecule has 7 nitrogen and oxygen atoms in total. The predicted molar refractivity (Wildman–Crippen MR) is 123 cm³/mol. The van der Waals surface area contributed by atoms with Crippen molar-refractivity contribution in [3.63, 3.8) is 0 Å². The summed E-state index contributed by atoms with van der Waals surface area (Å²) in [6.45, 7) is 4.65. The van der Waals surface area contributed by atoms with Crippen molar-refractivity contribution in [2.75, 3.05) is 45.9 Å². The highest BCUT2D eigenvalue weighted by atomic mass is 32.2. The topological polar surface area (TPSA) is 70.2 Å². The minimum absolute atomic E-state index is 0.00391. The van der Waals surface area contributed by atoms with Gasteiger partial charge in [-0.2, -0.15) is 4.31 Å². The molecule has 2 aliphatic rings. The van der Waals surface area contributed by atoms with Gasteiger partial charge in [0.05, 0.1) is 13.2 Å². The molecule has 0 radical (unpaired) electrons. The summed E-state index contributed by atoms with van der Waals surface area (Å²) < 4.78 is 46.4. The number of halogens is 1. The molecule has 0 aromatic heterocycles. The Morgan fingerprint density at radius 3 is 2.39 bits per heavy atom. The maximum atomic E-state index is 14.0. The van der Waals surface area contributed by atoms with Crippen LogP contribution < -0.4 is 4.74 Å². The summed E-state index contributed by atoms with van der Waals surface area (Å²) in [7, 11) is -3.92. The molecule has 4 rings (SSSR count). The summed E-state index contributed by atoms with van der Waals surface area (Å²) >= 11 is 0. The number of hydrogen-bond acceptors (Lipinski definition) is 5. The molecule has 0 spiro atoms. The molecule has 0 N–H and O–H groups in total. The van der Waals surface area contributed by atoms with E-state index in [2.05, 4.69) is 17.0 Å². The van der Waals surface area contributed by atoms with Gasteiger partial charge in [-0.1, -0.05) is 24.3 Å². The minimum Gasteiger partial charge on any atom is -0.494 e. The fourth-order valence-corrected chi connectivity index (χ4v) is 6.08. The molecule has 33 heavy (non-hydrogen) atoms. The summed E-state index contributed by atoms with van der Waals surface area (Å²) in [6.07, 6.45) is 2.02. The normalized spacial score (nSPS) is 20.2. The van der Waals surface area contributed by atoms with Gasteiger partial charge in [-0.05, 0) is 56.1 Å². The second-order valence-corrected chi connectivity index (χ2v) is 10.3. The first-order valence-corrected chi connectivity index (χ1v) is 12.8. The van der Waals surface area contributed by atoms with Crippen molar-refractivity contribution in [3.8, 4) is 5.75 Å². The zero-order valence-corrected chi connectivity index (χ0v) is 19.6. The van der Waals surface area contributed by atoms with Crippen molar-refractivity contribution < 1.29 is 22.3 Å². The first-order valence-electron chi connectivity index (χ1n) is 11.4. The highest BCUT2D eigenvalue weighted by molar-refractivity contribution is 7.89. The van der Waals surface area contributed by atoms with E-state index in [4.69, 9.17) is 4.74 Å². The molecule has 0 saturated carbocycles. The van der Waals surface area contributed by atoms with E-state index >= 15 is 0 Å². The molecule has 0 aliphatic carbocycles. The monoisotopic (exact) mass is 475 g/mol. The van der Waals surface area contributed by atoms with E-state index in [0.29, 0.717) is 26.2 Å². The Bertz CT molecular complexity index is 1070. The van der Waals surface area contributed by atoms with E-state index in [1.54, 1.807) is 4.90 Å². The van der Waals surface area contributed by atoms with E-state index in [9.17, 15) is 17.6 Å². The maximum Gasteiger partial charge on any atom is 0.246 e. The lowest BCUT2D eigenvalue weighted by atomic mass is 10.0. The second-order valence-electron chi connectivity index (χ2n) is 8.35. The molecule has 9 heteroatoms. The SMILES string of the molecule is CCOc1ccc(C2CCCN2CC(=O)N2CCN(S(=O)(=O)c3ccccc3F)CC2)cc1. The van der Waals surface area contributed by atoms with Crippen LogP contribution in [0.1, 0.15) is 31.4 Å². The fraction of sp³-hybridized carbons (Fsp3) is 0.458. The average Bonchev–Trinajstić information content (AvgIpc) is 3.28. The third-order valence-electron chi connectivity index (χ3n) is 6.32. The van der Waals surface area contributed by atoms with Crippen molar-refractivity contribution in [1.82, 2.24) is 14.1 Å². The van der Waals surface area contributed by atoms with E-state index in [1.807, 2.05) is 19.1 Å². The van der Waals surface area contributed by atoms with Crippen molar-refractivity contribution in [2.24, 2.45) is 0 Å². The first kappa shape index (κ1) is 23.7. The van der Waals surface area contributed by atoms with Gasteiger partial charge in [-0.15, -0.1) is 0 Å². The number of carbonyl (C=O) groups excluding carboxylic acids is 1. The lowest BCUT2D eigenvalue weighted by Crippen LogP contribution is -2.52. The molecule has 1 amide bonds. The van der Waals surface area contributed by atoms with E-state index in [1.165, 1.54) is 28.1 Å². The molecule has 178 valence electrons. The molecule has 1 atom stereocenters. The number of nitrogens with zero attached hydrogens (tertiary/aromatic N) is 3. The number of benzene rings is 2. The largest absolute Gasteiger partial charge is 0.494 e. The Morgan fingerprint density at radius 2 is 1.73 bits per heavy atom. The minimum atomic E-state index is -3.92. The van der Waals surface area contributed by atoms with Gasteiger partial charge in [0.1, 0.15) is 16.5 Å². The first-order chi connectivity index (χ1) is 15.9. The zero-order valence-electron chi connectivity index (χ0n) is 18.8. The number of piperazine rings is 1. The highest BCUT2D eigenvalue weighted by Gasteiger charge is 2.33. The molecule has 1 unspecified atom stereocenters. The summed E-state index contributed by atoms with van der Waals surface area (Å²) in [5.41, 5.74) is 1.17. The van der Waals surface area contributed by atoms with E-state index in [-0.39, 0.29) is 29.9 Å². The molecule has 2 fully saturated rings. The van der Waals surface area contributed by atoms with Crippen LogP contribution in [0.4, 0.5) is 4.39 Å². The number of rotatable bonds is 7. The van der Waals surface area contributed by atoms with Crippen molar-refractivity contribution >= 4 is 15.9 Å². The van der Waals surface area contributed by atoms with Crippen LogP contribution in [0.2, 0.25) is 0 Å². The van der Waals surface area contributed by atoms with Gasteiger partial charge in [-0.25, -0.2) is 12.8 Å². The predicted octanol–water partition coefficient (Wildman–Crippen LogP) is 2.89. The molecule has 2 aromatic rings. The van der Waals surface area contributed by atoms with Crippen LogP contribution in [0.25, 0.3) is 0 Å². The molecule has 2 heterocycles. The third kappa shape index (κ3) is 5.20. The van der Waals surface area contributed by atoms with E-state index < -0.39 is 15.8 Å². The Labute approximate surface area is 194 Å². The smallest absolute Gasteiger partial charge is 0.246 e. The van der Waals surface area contributed by atoms with Crippen LogP contribution >= 0.6 is 0 Å². The van der Waals surface area contributed by atoms with Crippen LogP contribution in [0.5, 0.6) is 5.75 Å². The van der Waals surface area contributed by atoms with Crippen molar-refractivity contribution in [2.45, 2.75) is 30.7 Å². The number of likely N-dealkylation sites (tertiary alicyclic amines) is 1. The molecular weight excluding hydrogens is 445 g/mol. The number of amides is 1. The maximum absolute atomic E-state index is 14.0. The summed E-state index contributed by atoms with van der Waals surface area (Å²) in [4.78, 5) is 16.6. The molecule has 0 bridgehead atoms. The van der Waals surface area contributed by atoms with Gasteiger partial charge in [0.2, 0.25) is 15.9 Å². The lowest BCUT2D eigenvalue weighted by molar-refractivity contribution is -0.133. The van der Waals surface area contributed by atoms with Crippen molar-refractivity contribution in [3.05, 3.63) is 59.9 Å². The summed E-state index contributed by atoms with van der Waals surface area (Å²) in [5, 5.41) is 0. The van der Waals surface area contributed by atoms with E-state index in [0.717, 1.165) is 31.2 Å². The lowest BCUT2D eigenvalue weighted by Gasteiger charge is -2.35. The fourth-order valence-electron chi connectivity index (χ4n) is 4.59. The number of sulfonamides is 1. The van der Waals surface area contributed by atoms with Gasteiger partial charge in [-0.3, -0.25) is 9.69 Å². The molecular formula is C24H30FN3O4S. The average molecular weight is 476 g/mol.